The quantitative estimate of drug-likeness (QED) is 0.722. The number of nitrogens with zero attached hydrogens (tertiary/aromatic N) is 2. The Balaban J connectivity index is 1.51. The van der Waals surface area contributed by atoms with E-state index in [9.17, 15) is 4.79 Å². The Kier molecular flexibility index (Phi) is 6.24. The molecule has 0 saturated carbocycles. The number of carbonyl (C=O) groups excluding carboxylic acids is 1. The van der Waals surface area contributed by atoms with Crippen LogP contribution >= 0.6 is 0 Å². The fourth-order valence-electron chi connectivity index (χ4n) is 5.12. The lowest BCUT2D eigenvalue weighted by Gasteiger charge is -2.25. The molecule has 0 spiro atoms. The van der Waals surface area contributed by atoms with Gasteiger partial charge in [-0.3, -0.25) is 4.79 Å². The van der Waals surface area contributed by atoms with E-state index < -0.39 is 0 Å². The van der Waals surface area contributed by atoms with Crippen molar-refractivity contribution in [2.45, 2.75) is 65.0 Å². The Bertz CT molecular complexity index is 908. The Morgan fingerprint density at radius 1 is 1.07 bits per heavy atom. The molecule has 1 fully saturated rings. The number of hydrogen-bond donors (Lipinski definition) is 0. The molecule has 4 heteroatoms. The van der Waals surface area contributed by atoms with Gasteiger partial charge in [0.15, 0.2) is 0 Å². The number of carbonyl (C=O) groups is 1. The summed E-state index contributed by atoms with van der Waals surface area (Å²) in [6.45, 7) is 8.89. The van der Waals surface area contributed by atoms with Crippen LogP contribution in [0, 0.1) is 5.82 Å². The third-order valence-electron chi connectivity index (χ3n) is 7.04. The lowest BCUT2D eigenvalue weighted by molar-refractivity contribution is -0.130. The third kappa shape index (κ3) is 4.29. The summed E-state index contributed by atoms with van der Waals surface area (Å²) in [5.74, 6) is -0.0572. The standard InChI is InChI=1S/C26H33FN2O/c1-18-5-4-14-28(18)15-12-21-6-8-22(9-7-21)24-11-10-23-13-16-29(20(3)30)19(2)17-25(23)26(24)27/h6-11,18-19H,4-5,12-17H2,1-3H3. The van der Waals surface area contributed by atoms with Crippen LogP contribution in [0.25, 0.3) is 11.1 Å². The summed E-state index contributed by atoms with van der Waals surface area (Å²) in [5, 5.41) is 0. The molecule has 30 heavy (non-hydrogen) atoms. The van der Waals surface area contributed by atoms with Gasteiger partial charge in [-0.25, -0.2) is 4.39 Å². The lowest BCUT2D eigenvalue weighted by Crippen LogP contribution is -2.38. The van der Waals surface area contributed by atoms with Gasteiger partial charge >= 0.3 is 0 Å². The highest BCUT2D eigenvalue weighted by atomic mass is 19.1. The van der Waals surface area contributed by atoms with Crippen LogP contribution in [0.2, 0.25) is 0 Å². The minimum absolute atomic E-state index is 0.0175. The smallest absolute Gasteiger partial charge is 0.219 e. The summed E-state index contributed by atoms with van der Waals surface area (Å²) in [6, 6.07) is 13.0. The summed E-state index contributed by atoms with van der Waals surface area (Å²) in [6.07, 6.45) is 4.93. The molecule has 0 aromatic heterocycles. The largest absolute Gasteiger partial charge is 0.340 e. The maximum atomic E-state index is 15.5. The van der Waals surface area contributed by atoms with Crippen LogP contribution in [0.4, 0.5) is 4.39 Å². The Hall–Kier alpha value is -2.20. The highest BCUT2D eigenvalue weighted by Gasteiger charge is 2.25. The van der Waals surface area contributed by atoms with E-state index in [1.165, 1.54) is 24.9 Å². The predicted octanol–water partition coefficient (Wildman–Crippen LogP) is 4.86. The van der Waals surface area contributed by atoms with Gasteiger partial charge in [0.2, 0.25) is 5.91 Å². The average Bonchev–Trinajstić information content (AvgIpc) is 3.05. The van der Waals surface area contributed by atoms with E-state index in [0.29, 0.717) is 31.0 Å². The zero-order valence-corrected chi connectivity index (χ0v) is 18.5. The highest BCUT2D eigenvalue weighted by Crippen LogP contribution is 2.31. The number of likely N-dealkylation sites (tertiary alicyclic amines) is 1. The second kappa shape index (κ2) is 8.89. The van der Waals surface area contributed by atoms with Gasteiger partial charge in [-0.1, -0.05) is 36.4 Å². The topological polar surface area (TPSA) is 23.6 Å². The number of hydrogen-bond acceptors (Lipinski definition) is 2. The van der Waals surface area contributed by atoms with Crippen LogP contribution < -0.4 is 0 Å². The molecule has 0 radical (unpaired) electrons. The molecular weight excluding hydrogens is 375 g/mol. The molecule has 2 aliphatic heterocycles. The number of amides is 1. The predicted molar refractivity (Wildman–Crippen MR) is 120 cm³/mol. The van der Waals surface area contributed by atoms with E-state index in [-0.39, 0.29) is 17.8 Å². The summed E-state index contributed by atoms with van der Waals surface area (Å²) in [5.41, 5.74) is 4.70. The molecule has 0 aliphatic carbocycles. The molecule has 2 atom stereocenters. The van der Waals surface area contributed by atoms with Crippen LogP contribution in [0.1, 0.15) is 50.3 Å². The van der Waals surface area contributed by atoms with Crippen molar-refractivity contribution in [2.24, 2.45) is 0 Å². The van der Waals surface area contributed by atoms with Crippen molar-refractivity contribution >= 4 is 5.91 Å². The van der Waals surface area contributed by atoms with E-state index >= 15 is 4.39 Å². The molecular formula is C26H33FN2O. The molecule has 2 aromatic carbocycles. The first-order valence-corrected chi connectivity index (χ1v) is 11.3. The normalized spacial score (nSPS) is 22.1. The van der Waals surface area contributed by atoms with Crippen molar-refractivity contribution in [1.29, 1.82) is 0 Å². The monoisotopic (exact) mass is 408 g/mol. The molecule has 0 N–H and O–H groups in total. The van der Waals surface area contributed by atoms with Crippen LogP contribution in [-0.2, 0) is 24.1 Å². The SMILES string of the molecule is CC(=O)N1CCc2ccc(-c3ccc(CCN4CCCC4C)cc3)c(F)c2CC1C. The van der Waals surface area contributed by atoms with Crippen molar-refractivity contribution in [2.75, 3.05) is 19.6 Å². The van der Waals surface area contributed by atoms with Gasteiger partial charge in [-0.2, -0.15) is 0 Å². The molecule has 2 aliphatic rings. The van der Waals surface area contributed by atoms with Crippen LogP contribution in [0.3, 0.4) is 0 Å². The van der Waals surface area contributed by atoms with Crippen molar-refractivity contribution in [1.82, 2.24) is 9.80 Å². The minimum atomic E-state index is -0.122. The van der Waals surface area contributed by atoms with E-state index in [1.807, 2.05) is 24.0 Å². The lowest BCUT2D eigenvalue weighted by atomic mass is 9.93. The molecule has 1 saturated heterocycles. The fraction of sp³-hybridized carbons (Fsp3) is 0.500. The Morgan fingerprint density at radius 3 is 2.50 bits per heavy atom. The minimum Gasteiger partial charge on any atom is -0.340 e. The molecule has 1 amide bonds. The Labute approximate surface area is 179 Å². The van der Waals surface area contributed by atoms with E-state index in [1.54, 1.807) is 6.92 Å². The summed E-state index contributed by atoms with van der Waals surface area (Å²) < 4.78 is 15.5. The molecule has 4 rings (SSSR count). The number of rotatable bonds is 4. The number of halogens is 1. The molecule has 2 aromatic rings. The van der Waals surface area contributed by atoms with Crippen molar-refractivity contribution in [3.05, 3.63) is 58.9 Å². The van der Waals surface area contributed by atoms with Crippen LogP contribution in [-0.4, -0.2) is 47.4 Å². The van der Waals surface area contributed by atoms with Crippen molar-refractivity contribution in [3.63, 3.8) is 0 Å². The van der Waals surface area contributed by atoms with Gasteiger partial charge in [0.25, 0.3) is 0 Å². The molecule has 3 nitrogen and oxygen atoms in total. The second-order valence-corrected chi connectivity index (χ2v) is 9.05. The van der Waals surface area contributed by atoms with Crippen molar-refractivity contribution < 1.29 is 9.18 Å². The third-order valence-corrected chi connectivity index (χ3v) is 7.04. The van der Waals surface area contributed by atoms with Gasteiger partial charge in [0.1, 0.15) is 5.82 Å². The van der Waals surface area contributed by atoms with Gasteiger partial charge in [-0.05, 0) is 74.8 Å². The van der Waals surface area contributed by atoms with E-state index in [4.69, 9.17) is 0 Å². The highest BCUT2D eigenvalue weighted by molar-refractivity contribution is 5.74. The Morgan fingerprint density at radius 2 is 1.83 bits per heavy atom. The number of benzene rings is 2. The second-order valence-electron chi connectivity index (χ2n) is 9.05. The van der Waals surface area contributed by atoms with Gasteiger partial charge in [0, 0.05) is 37.7 Å². The summed E-state index contributed by atoms with van der Waals surface area (Å²) >= 11 is 0. The maximum absolute atomic E-state index is 15.5. The zero-order chi connectivity index (χ0) is 21.3. The van der Waals surface area contributed by atoms with Crippen molar-refractivity contribution in [3.8, 4) is 11.1 Å². The van der Waals surface area contributed by atoms with Gasteiger partial charge < -0.3 is 9.80 Å². The maximum Gasteiger partial charge on any atom is 0.219 e. The first kappa shape index (κ1) is 21.0. The van der Waals surface area contributed by atoms with E-state index in [0.717, 1.165) is 29.7 Å². The average molecular weight is 409 g/mol. The molecule has 160 valence electrons. The summed E-state index contributed by atoms with van der Waals surface area (Å²) in [4.78, 5) is 16.3. The van der Waals surface area contributed by atoms with Crippen LogP contribution in [0.15, 0.2) is 36.4 Å². The van der Waals surface area contributed by atoms with E-state index in [2.05, 4.69) is 36.1 Å². The molecule has 2 heterocycles. The first-order chi connectivity index (χ1) is 14.4. The summed E-state index contributed by atoms with van der Waals surface area (Å²) in [7, 11) is 0. The number of fused-ring (bicyclic) bond motifs is 1. The van der Waals surface area contributed by atoms with Gasteiger partial charge in [-0.15, -0.1) is 0 Å². The zero-order valence-electron chi connectivity index (χ0n) is 18.5. The van der Waals surface area contributed by atoms with Crippen LogP contribution in [0.5, 0.6) is 0 Å². The molecule has 2 unspecified atom stereocenters. The molecule has 0 bridgehead atoms. The van der Waals surface area contributed by atoms with Gasteiger partial charge in [0.05, 0.1) is 0 Å². The fourth-order valence-corrected chi connectivity index (χ4v) is 5.12. The first-order valence-electron chi connectivity index (χ1n) is 11.3.